The maximum atomic E-state index is 12.0. The van der Waals surface area contributed by atoms with E-state index < -0.39 is 17.6 Å². The fraction of sp³-hybridized carbons (Fsp3) is 0.0625. The molecule has 0 fully saturated rings. The van der Waals surface area contributed by atoms with Crippen LogP contribution in [-0.4, -0.2) is 22.8 Å². The van der Waals surface area contributed by atoms with E-state index >= 15 is 0 Å². The average Bonchev–Trinajstić information content (AvgIpc) is 2.59. The first kappa shape index (κ1) is 16.7. The van der Waals surface area contributed by atoms with Gasteiger partial charge in [0.15, 0.2) is 0 Å². The molecule has 0 heterocycles. The van der Waals surface area contributed by atoms with Crippen LogP contribution in [-0.2, 0) is 11.3 Å². The lowest BCUT2D eigenvalue weighted by Gasteiger charge is -2.06. The fourth-order valence-corrected chi connectivity index (χ4v) is 2.09. The number of ketones is 1. The molecule has 0 bridgehead atoms. The molecule has 0 aliphatic heterocycles. The van der Waals surface area contributed by atoms with E-state index in [4.69, 9.17) is 16.8 Å². The zero-order chi connectivity index (χ0) is 16.8. The van der Waals surface area contributed by atoms with Crippen LogP contribution < -0.4 is 10.8 Å². The van der Waals surface area contributed by atoms with Gasteiger partial charge in [-0.1, -0.05) is 35.9 Å². The van der Waals surface area contributed by atoms with Gasteiger partial charge in [-0.2, -0.15) is 0 Å². The topological polar surface area (TPSA) is 95.5 Å². The maximum Gasteiger partial charge on any atom is 0.292 e. The van der Waals surface area contributed by atoms with Crippen LogP contribution in [0, 0.1) is 0 Å². The SMILES string of the molecule is O=C(NCc1ccc(C(=O)NO)cc1)C(=O)c1ccccc1Cl. The van der Waals surface area contributed by atoms with Gasteiger partial charge < -0.3 is 5.32 Å². The minimum atomic E-state index is -0.768. The second-order valence-corrected chi connectivity index (χ2v) is 5.04. The van der Waals surface area contributed by atoms with Gasteiger partial charge in [0.05, 0.1) is 5.02 Å². The van der Waals surface area contributed by atoms with Gasteiger partial charge in [-0.3, -0.25) is 19.6 Å². The molecule has 3 N–H and O–H groups in total. The molecule has 0 saturated heterocycles. The van der Waals surface area contributed by atoms with Crippen LogP contribution in [0.25, 0.3) is 0 Å². The number of carbonyl (C=O) groups is 3. The Morgan fingerprint density at radius 3 is 2.26 bits per heavy atom. The highest BCUT2D eigenvalue weighted by Crippen LogP contribution is 2.15. The van der Waals surface area contributed by atoms with E-state index in [-0.39, 0.29) is 22.7 Å². The Morgan fingerprint density at radius 2 is 1.65 bits per heavy atom. The Labute approximate surface area is 137 Å². The molecule has 23 heavy (non-hydrogen) atoms. The third kappa shape index (κ3) is 4.15. The molecular formula is C16H13ClN2O4. The Morgan fingerprint density at radius 1 is 1.00 bits per heavy atom. The summed E-state index contributed by atoms with van der Waals surface area (Å²) in [4.78, 5) is 35.0. The molecular weight excluding hydrogens is 320 g/mol. The molecule has 2 rings (SSSR count). The number of nitrogens with one attached hydrogen (secondary N) is 2. The smallest absolute Gasteiger partial charge is 0.292 e. The summed E-state index contributed by atoms with van der Waals surface area (Å²) in [7, 11) is 0. The van der Waals surface area contributed by atoms with Crippen molar-refractivity contribution in [3.05, 3.63) is 70.2 Å². The number of halogens is 1. The zero-order valence-corrected chi connectivity index (χ0v) is 12.6. The normalized spacial score (nSPS) is 10.0. The van der Waals surface area contributed by atoms with Crippen molar-refractivity contribution >= 4 is 29.2 Å². The van der Waals surface area contributed by atoms with Gasteiger partial charge in [-0.15, -0.1) is 0 Å². The van der Waals surface area contributed by atoms with Crippen LogP contribution in [0.15, 0.2) is 48.5 Å². The minimum absolute atomic E-state index is 0.121. The lowest BCUT2D eigenvalue weighted by molar-refractivity contribution is -0.117. The standard InChI is InChI=1S/C16H13ClN2O4/c17-13-4-2-1-3-12(13)14(20)16(22)18-9-10-5-7-11(8-6-10)15(21)19-23/h1-8,23H,9H2,(H,18,22)(H,19,21). The van der Waals surface area contributed by atoms with E-state index in [1.807, 2.05) is 0 Å². The van der Waals surface area contributed by atoms with Gasteiger partial charge in [0.2, 0.25) is 0 Å². The van der Waals surface area contributed by atoms with Crippen LogP contribution in [0.2, 0.25) is 5.02 Å². The van der Waals surface area contributed by atoms with Crippen LogP contribution in [0.5, 0.6) is 0 Å². The van der Waals surface area contributed by atoms with E-state index in [0.29, 0.717) is 5.56 Å². The molecule has 118 valence electrons. The summed E-state index contributed by atoms with van der Waals surface area (Å²) in [5.41, 5.74) is 2.63. The molecule has 0 spiro atoms. The number of benzene rings is 2. The number of hydrogen-bond donors (Lipinski definition) is 3. The minimum Gasteiger partial charge on any atom is -0.345 e. The van der Waals surface area contributed by atoms with E-state index in [9.17, 15) is 14.4 Å². The molecule has 2 aromatic carbocycles. The van der Waals surface area contributed by atoms with Crippen LogP contribution in [0.3, 0.4) is 0 Å². The number of hydrogen-bond acceptors (Lipinski definition) is 4. The summed E-state index contributed by atoms with van der Waals surface area (Å²) in [5, 5.41) is 11.2. The van der Waals surface area contributed by atoms with Crippen molar-refractivity contribution in [3.8, 4) is 0 Å². The third-order valence-electron chi connectivity index (χ3n) is 3.10. The molecule has 0 unspecified atom stereocenters. The molecule has 0 aliphatic rings. The van der Waals surface area contributed by atoms with Gasteiger partial charge >= 0.3 is 0 Å². The van der Waals surface area contributed by atoms with Crippen molar-refractivity contribution in [1.29, 1.82) is 0 Å². The Balaban J connectivity index is 1.98. The van der Waals surface area contributed by atoms with Gasteiger partial charge in [-0.25, -0.2) is 5.48 Å². The van der Waals surface area contributed by atoms with E-state index in [1.54, 1.807) is 24.3 Å². The highest BCUT2D eigenvalue weighted by atomic mass is 35.5. The first-order valence-corrected chi connectivity index (χ1v) is 7.01. The predicted octanol–water partition coefficient (Wildman–Crippen LogP) is 1.96. The Bertz CT molecular complexity index is 744. The molecule has 0 radical (unpaired) electrons. The van der Waals surface area contributed by atoms with Crippen LogP contribution >= 0.6 is 11.6 Å². The van der Waals surface area contributed by atoms with Gasteiger partial charge in [0.25, 0.3) is 17.6 Å². The van der Waals surface area contributed by atoms with Crippen molar-refractivity contribution in [2.24, 2.45) is 0 Å². The number of Topliss-reactive ketones (excluding diaryl/α,β-unsaturated/α-hetero) is 1. The zero-order valence-electron chi connectivity index (χ0n) is 11.9. The highest BCUT2D eigenvalue weighted by molar-refractivity contribution is 6.46. The number of rotatable bonds is 5. The summed E-state index contributed by atoms with van der Waals surface area (Å²) >= 11 is 5.88. The van der Waals surface area contributed by atoms with Crippen LogP contribution in [0.4, 0.5) is 0 Å². The molecule has 2 amide bonds. The fourth-order valence-electron chi connectivity index (χ4n) is 1.87. The van der Waals surface area contributed by atoms with Crippen LogP contribution in [0.1, 0.15) is 26.3 Å². The largest absolute Gasteiger partial charge is 0.345 e. The van der Waals surface area contributed by atoms with Crippen molar-refractivity contribution < 1.29 is 19.6 Å². The quantitative estimate of drug-likeness (QED) is 0.337. The number of hydroxylamine groups is 1. The summed E-state index contributed by atoms with van der Waals surface area (Å²) in [6, 6.07) is 12.5. The summed E-state index contributed by atoms with van der Waals surface area (Å²) in [6.07, 6.45) is 0. The molecule has 0 atom stereocenters. The second-order valence-electron chi connectivity index (χ2n) is 4.63. The predicted molar refractivity (Wildman–Crippen MR) is 83.3 cm³/mol. The Hall–Kier alpha value is -2.70. The summed E-state index contributed by atoms with van der Waals surface area (Å²) < 4.78 is 0. The van der Waals surface area contributed by atoms with Crippen molar-refractivity contribution in [3.63, 3.8) is 0 Å². The Kier molecular flexibility index (Phi) is 5.46. The van der Waals surface area contributed by atoms with Gasteiger partial charge in [0.1, 0.15) is 0 Å². The molecule has 6 nitrogen and oxygen atoms in total. The average molecular weight is 333 g/mol. The first-order chi connectivity index (χ1) is 11.0. The summed E-state index contributed by atoms with van der Waals surface area (Å²) in [5.74, 6) is -2.11. The maximum absolute atomic E-state index is 12.0. The highest BCUT2D eigenvalue weighted by Gasteiger charge is 2.18. The van der Waals surface area contributed by atoms with Crippen molar-refractivity contribution in [1.82, 2.24) is 10.8 Å². The second kappa shape index (κ2) is 7.53. The number of amides is 2. The van der Waals surface area contributed by atoms with Gasteiger partial charge in [-0.05, 0) is 29.8 Å². The van der Waals surface area contributed by atoms with E-state index in [0.717, 1.165) is 0 Å². The first-order valence-electron chi connectivity index (χ1n) is 6.63. The number of carbonyl (C=O) groups excluding carboxylic acids is 3. The lowest BCUT2D eigenvalue weighted by Crippen LogP contribution is -2.30. The molecule has 0 aliphatic carbocycles. The molecule has 7 heteroatoms. The molecule has 0 saturated carbocycles. The van der Waals surface area contributed by atoms with Crippen molar-refractivity contribution in [2.45, 2.75) is 6.54 Å². The summed E-state index contributed by atoms with van der Waals surface area (Å²) in [6.45, 7) is 0.121. The van der Waals surface area contributed by atoms with E-state index in [1.165, 1.54) is 29.7 Å². The lowest BCUT2D eigenvalue weighted by atomic mass is 10.1. The van der Waals surface area contributed by atoms with Crippen molar-refractivity contribution in [2.75, 3.05) is 0 Å². The van der Waals surface area contributed by atoms with E-state index in [2.05, 4.69) is 5.32 Å². The van der Waals surface area contributed by atoms with Gasteiger partial charge in [0, 0.05) is 17.7 Å². The monoisotopic (exact) mass is 332 g/mol. The molecule has 2 aromatic rings. The molecule has 0 aromatic heterocycles. The third-order valence-corrected chi connectivity index (χ3v) is 3.43.